The average molecular weight is 313 g/mol. The fourth-order valence-electron chi connectivity index (χ4n) is 2.60. The van der Waals surface area contributed by atoms with E-state index in [2.05, 4.69) is 5.32 Å². The third-order valence-corrected chi connectivity index (χ3v) is 3.68. The largest absolute Gasteiger partial charge is 0.490 e. The van der Waals surface area contributed by atoms with E-state index in [-0.39, 0.29) is 28.7 Å². The molecule has 6 nitrogen and oxygen atoms in total. The first-order valence-electron chi connectivity index (χ1n) is 6.96. The quantitative estimate of drug-likeness (QED) is 0.691. The number of nitrogens with zero attached hydrogens (tertiary/aromatic N) is 2. The zero-order chi connectivity index (χ0) is 16.4. The fourth-order valence-corrected chi connectivity index (χ4v) is 2.60. The number of halogens is 1. The van der Waals surface area contributed by atoms with Crippen molar-refractivity contribution in [2.45, 2.75) is 12.5 Å². The van der Waals surface area contributed by atoms with Crippen molar-refractivity contribution < 1.29 is 14.1 Å². The topological polar surface area (TPSA) is 88.2 Å². The lowest BCUT2D eigenvalue weighted by atomic mass is 9.99. The van der Waals surface area contributed by atoms with Crippen molar-refractivity contribution in [1.29, 1.82) is 5.26 Å². The summed E-state index contributed by atoms with van der Waals surface area (Å²) in [6.45, 7) is 0.315. The maximum Gasteiger partial charge on any atom is 0.293 e. The van der Waals surface area contributed by atoms with Crippen LogP contribution in [0, 0.1) is 27.3 Å². The predicted octanol–water partition coefficient (Wildman–Crippen LogP) is 3.54. The van der Waals surface area contributed by atoms with Crippen molar-refractivity contribution in [3.05, 3.63) is 63.5 Å². The van der Waals surface area contributed by atoms with E-state index in [1.165, 1.54) is 24.3 Å². The van der Waals surface area contributed by atoms with Crippen LogP contribution in [0.15, 0.2) is 36.4 Å². The minimum absolute atomic E-state index is 0.174. The van der Waals surface area contributed by atoms with Gasteiger partial charge in [-0.3, -0.25) is 10.1 Å². The molecule has 0 spiro atoms. The summed E-state index contributed by atoms with van der Waals surface area (Å²) in [6, 6.07) is 10.4. The lowest BCUT2D eigenvalue weighted by molar-refractivity contribution is -0.384. The summed E-state index contributed by atoms with van der Waals surface area (Å²) in [5, 5.41) is 23.1. The Morgan fingerprint density at radius 2 is 2.22 bits per heavy atom. The highest BCUT2D eigenvalue weighted by Crippen LogP contribution is 2.38. The summed E-state index contributed by atoms with van der Waals surface area (Å²) in [6.07, 6.45) is 0.549. The Labute approximate surface area is 131 Å². The lowest BCUT2D eigenvalue weighted by Crippen LogP contribution is -2.21. The van der Waals surface area contributed by atoms with E-state index in [1.54, 1.807) is 12.1 Å². The summed E-state index contributed by atoms with van der Waals surface area (Å²) in [5.41, 5.74) is 0.931. The molecule has 0 saturated heterocycles. The van der Waals surface area contributed by atoms with Gasteiger partial charge < -0.3 is 10.1 Å². The van der Waals surface area contributed by atoms with Gasteiger partial charge in [0.2, 0.25) is 0 Å². The van der Waals surface area contributed by atoms with E-state index in [0.29, 0.717) is 18.6 Å². The molecule has 0 aliphatic carbocycles. The number of para-hydroxylation sites is 1. The molecule has 2 aromatic rings. The molecule has 0 fully saturated rings. The van der Waals surface area contributed by atoms with Crippen molar-refractivity contribution in [3.63, 3.8) is 0 Å². The van der Waals surface area contributed by atoms with Gasteiger partial charge in [-0.25, -0.2) is 4.39 Å². The first-order valence-corrected chi connectivity index (χ1v) is 6.96. The van der Waals surface area contributed by atoms with Crippen LogP contribution in [0.5, 0.6) is 5.75 Å². The van der Waals surface area contributed by atoms with Crippen LogP contribution in [0.4, 0.5) is 15.8 Å². The normalized spacial score (nSPS) is 15.9. The van der Waals surface area contributed by atoms with E-state index in [1.807, 2.05) is 6.07 Å². The van der Waals surface area contributed by atoms with Gasteiger partial charge >= 0.3 is 0 Å². The Kier molecular flexibility index (Phi) is 3.81. The van der Waals surface area contributed by atoms with E-state index >= 15 is 0 Å². The van der Waals surface area contributed by atoms with Crippen molar-refractivity contribution in [1.82, 2.24) is 0 Å². The maximum atomic E-state index is 13.8. The number of anilines is 1. The number of rotatable bonds is 3. The highest BCUT2D eigenvalue weighted by Gasteiger charge is 2.26. The zero-order valence-electron chi connectivity index (χ0n) is 12.0. The Morgan fingerprint density at radius 3 is 2.96 bits per heavy atom. The predicted molar refractivity (Wildman–Crippen MR) is 80.7 cm³/mol. The van der Waals surface area contributed by atoms with E-state index in [0.717, 1.165) is 0 Å². The van der Waals surface area contributed by atoms with Gasteiger partial charge in [0.25, 0.3) is 5.69 Å². The molecule has 1 atom stereocenters. The van der Waals surface area contributed by atoms with E-state index < -0.39 is 10.7 Å². The number of nitro groups is 1. The van der Waals surface area contributed by atoms with Gasteiger partial charge in [0.1, 0.15) is 5.69 Å². The number of nitrogens with one attached hydrogen (secondary N) is 1. The molecule has 1 aliphatic heterocycles. The molecule has 116 valence electrons. The highest BCUT2D eigenvalue weighted by atomic mass is 19.1. The van der Waals surface area contributed by atoms with E-state index in [9.17, 15) is 14.5 Å². The first kappa shape index (κ1) is 14.8. The van der Waals surface area contributed by atoms with Crippen LogP contribution in [0.1, 0.15) is 23.6 Å². The maximum absolute atomic E-state index is 13.8. The SMILES string of the molecule is N#Cc1ccc(N[C@H]2CCOc3c(F)cccc32)c([N+](=O)[O-])c1. The van der Waals surface area contributed by atoms with Crippen molar-refractivity contribution in [2.24, 2.45) is 0 Å². The smallest absolute Gasteiger partial charge is 0.293 e. The minimum atomic E-state index is -0.547. The van der Waals surface area contributed by atoms with Crippen molar-refractivity contribution >= 4 is 11.4 Å². The van der Waals surface area contributed by atoms with Crippen LogP contribution in [0.2, 0.25) is 0 Å². The third kappa shape index (κ3) is 2.79. The summed E-state index contributed by atoms with van der Waals surface area (Å²) in [5.74, 6) is -0.282. The van der Waals surface area contributed by atoms with Gasteiger partial charge in [0.05, 0.1) is 29.2 Å². The van der Waals surface area contributed by atoms with Crippen LogP contribution in [0.25, 0.3) is 0 Å². The monoisotopic (exact) mass is 313 g/mol. The van der Waals surface area contributed by atoms with Gasteiger partial charge in [0.15, 0.2) is 11.6 Å². The molecular formula is C16H12FN3O3. The Bertz CT molecular complexity index is 817. The zero-order valence-corrected chi connectivity index (χ0v) is 12.0. The lowest BCUT2D eigenvalue weighted by Gasteiger charge is -2.27. The van der Waals surface area contributed by atoms with Crippen LogP contribution < -0.4 is 10.1 Å². The highest BCUT2D eigenvalue weighted by molar-refractivity contribution is 5.65. The molecule has 0 bridgehead atoms. The number of fused-ring (bicyclic) bond motifs is 1. The average Bonchev–Trinajstić information content (AvgIpc) is 2.56. The Hall–Kier alpha value is -3.14. The molecule has 0 radical (unpaired) electrons. The number of ether oxygens (including phenoxy) is 1. The molecular weight excluding hydrogens is 301 g/mol. The second-order valence-corrected chi connectivity index (χ2v) is 5.09. The van der Waals surface area contributed by atoms with E-state index in [4.69, 9.17) is 10.00 Å². The molecule has 23 heavy (non-hydrogen) atoms. The number of nitro benzene ring substituents is 1. The molecule has 0 unspecified atom stereocenters. The molecule has 1 N–H and O–H groups in total. The standard InChI is InChI=1S/C16H12FN3O3/c17-12-3-1-2-11-13(6-7-23-16(11)12)19-14-5-4-10(9-18)8-15(14)20(21)22/h1-5,8,13,19H,6-7H2/t13-/m0/s1. The van der Waals surface area contributed by atoms with Crippen LogP contribution in [0.3, 0.4) is 0 Å². The second-order valence-electron chi connectivity index (χ2n) is 5.09. The molecule has 3 rings (SSSR count). The number of hydrogen-bond acceptors (Lipinski definition) is 5. The Morgan fingerprint density at radius 1 is 1.39 bits per heavy atom. The number of nitriles is 1. The summed E-state index contributed by atoms with van der Waals surface area (Å²) in [7, 11) is 0. The molecule has 0 saturated carbocycles. The van der Waals surface area contributed by atoms with Crippen LogP contribution in [-0.2, 0) is 0 Å². The van der Waals surface area contributed by atoms with Crippen LogP contribution in [-0.4, -0.2) is 11.5 Å². The summed E-state index contributed by atoms with van der Waals surface area (Å²) in [4.78, 5) is 10.7. The Balaban J connectivity index is 1.97. The minimum Gasteiger partial charge on any atom is -0.490 e. The molecule has 7 heteroatoms. The number of benzene rings is 2. The van der Waals surface area contributed by atoms with Gasteiger partial charge in [-0.1, -0.05) is 12.1 Å². The summed E-state index contributed by atoms with van der Waals surface area (Å²) < 4.78 is 19.1. The molecule has 0 aromatic heterocycles. The number of hydrogen-bond donors (Lipinski definition) is 1. The molecule has 2 aromatic carbocycles. The fraction of sp³-hybridized carbons (Fsp3) is 0.188. The van der Waals surface area contributed by atoms with Crippen molar-refractivity contribution in [2.75, 3.05) is 11.9 Å². The molecule has 1 heterocycles. The molecule has 1 aliphatic rings. The van der Waals surface area contributed by atoms with Gasteiger partial charge in [-0.2, -0.15) is 5.26 Å². The van der Waals surface area contributed by atoms with Gasteiger partial charge in [-0.05, 0) is 18.2 Å². The molecule has 0 amide bonds. The first-order chi connectivity index (χ1) is 11.1. The van der Waals surface area contributed by atoms with Gasteiger partial charge in [0, 0.05) is 18.1 Å². The third-order valence-electron chi connectivity index (χ3n) is 3.68. The second kappa shape index (κ2) is 5.93. The van der Waals surface area contributed by atoms with Crippen LogP contribution >= 0.6 is 0 Å². The van der Waals surface area contributed by atoms with Gasteiger partial charge in [-0.15, -0.1) is 0 Å². The van der Waals surface area contributed by atoms with Crippen molar-refractivity contribution in [3.8, 4) is 11.8 Å². The summed E-state index contributed by atoms with van der Waals surface area (Å²) >= 11 is 0.